The average molecular weight is 231 g/mol. The summed E-state index contributed by atoms with van der Waals surface area (Å²) in [6.45, 7) is 5.68. The molecule has 0 bridgehead atoms. The van der Waals surface area contributed by atoms with Gasteiger partial charge in [0.1, 0.15) is 0 Å². The zero-order valence-corrected chi connectivity index (χ0v) is 8.74. The van der Waals surface area contributed by atoms with Gasteiger partial charge in [0.05, 0.1) is 13.2 Å². The Morgan fingerprint density at radius 3 is 1.60 bits per heavy atom. The second-order valence-electron chi connectivity index (χ2n) is 2.34. The van der Waals surface area contributed by atoms with Gasteiger partial charge < -0.3 is 14.2 Å². The number of ether oxygens (including phenoxy) is 3. The van der Waals surface area contributed by atoms with E-state index >= 15 is 0 Å². The lowest BCUT2D eigenvalue weighted by Crippen LogP contribution is -2.36. The lowest BCUT2D eigenvalue weighted by molar-refractivity contribution is -0.172. The van der Waals surface area contributed by atoms with Crippen LogP contribution < -0.4 is 0 Å². The second-order valence-corrected chi connectivity index (χ2v) is 2.34. The maximum Gasteiger partial charge on any atom is 0.347 e. The van der Waals surface area contributed by atoms with Crippen LogP contribution in [0.3, 0.4) is 0 Å². The zero-order valence-electron chi connectivity index (χ0n) is 8.74. The highest BCUT2D eigenvalue weighted by Gasteiger charge is 2.29. The number of carbonyl (C=O) groups excluding carboxylic acids is 2. The normalized spacial score (nSPS) is 9.33. The van der Waals surface area contributed by atoms with Gasteiger partial charge in [0.25, 0.3) is 6.10 Å². The van der Waals surface area contributed by atoms with Gasteiger partial charge in [0.15, 0.2) is 0 Å². The SMILES string of the molecule is CCOC(=O)C(OCC)C(=O)OCC.[MgH2]. The van der Waals surface area contributed by atoms with E-state index in [2.05, 4.69) is 9.47 Å². The molecule has 0 atom stereocenters. The van der Waals surface area contributed by atoms with Crippen LogP contribution in [0.15, 0.2) is 0 Å². The highest BCUT2D eigenvalue weighted by atomic mass is 24.3. The van der Waals surface area contributed by atoms with E-state index < -0.39 is 18.0 Å². The molecule has 0 aromatic carbocycles. The molecule has 0 aromatic heterocycles. The smallest absolute Gasteiger partial charge is 0.347 e. The van der Waals surface area contributed by atoms with Crippen molar-refractivity contribution in [2.24, 2.45) is 0 Å². The van der Waals surface area contributed by atoms with Gasteiger partial charge in [-0.3, -0.25) is 0 Å². The maximum atomic E-state index is 11.2. The fraction of sp³-hybridized carbons (Fsp3) is 0.778. The third kappa shape index (κ3) is 6.70. The van der Waals surface area contributed by atoms with Crippen LogP contribution in [0.2, 0.25) is 0 Å². The molecule has 6 heteroatoms. The summed E-state index contributed by atoms with van der Waals surface area (Å²) in [6.07, 6.45) is -1.25. The molecule has 0 N–H and O–H groups in total. The third-order valence-electron chi connectivity index (χ3n) is 1.33. The summed E-state index contributed by atoms with van der Waals surface area (Å²) in [5.41, 5.74) is 0. The minimum Gasteiger partial charge on any atom is -0.464 e. The summed E-state index contributed by atoms with van der Waals surface area (Å²) in [4.78, 5) is 22.4. The van der Waals surface area contributed by atoms with Crippen molar-refractivity contribution in [3.63, 3.8) is 0 Å². The molecule has 86 valence electrons. The van der Waals surface area contributed by atoms with Crippen molar-refractivity contribution < 1.29 is 23.8 Å². The molecular weight excluding hydrogens is 212 g/mol. The Labute approximate surface area is 106 Å². The summed E-state index contributed by atoms with van der Waals surface area (Å²) in [5, 5.41) is 0. The first-order chi connectivity index (χ1) is 6.67. The highest BCUT2D eigenvalue weighted by Crippen LogP contribution is 1.99. The van der Waals surface area contributed by atoms with Crippen LogP contribution in [0.1, 0.15) is 20.8 Å². The molecule has 0 aromatic rings. The van der Waals surface area contributed by atoms with Gasteiger partial charge in [-0.25, -0.2) is 9.59 Å². The summed E-state index contributed by atoms with van der Waals surface area (Å²) in [7, 11) is 0. The standard InChI is InChI=1S/C9H16O5.Mg.2H/c1-4-12-7(8(10)13-5-2)9(11)14-6-3;;;/h7H,4-6H2,1-3H3;;;. The first-order valence-electron chi connectivity index (χ1n) is 4.62. The van der Waals surface area contributed by atoms with Crippen LogP contribution >= 0.6 is 0 Å². The van der Waals surface area contributed by atoms with E-state index in [1.165, 1.54) is 0 Å². The van der Waals surface area contributed by atoms with E-state index in [0.29, 0.717) is 0 Å². The van der Waals surface area contributed by atoms with Crippen molar-refractivity contribution in [2.75, 3.05) is 19.8 Å². The van der Waals surface area contributed by atoms with Crippen LogP contribution in [-0.2, 0) is 23.8 Å². The van der Waals surface area contributed by atoms with Gasteiger partial charge in [0, 0.05) is 6.61 Å². The molecule has 0 saturated heterocycles. The molecule has 0 radical (unpaired) electrons. The highest BCUT2D eigenvalue weighted by molar-refractivity contribution is 5.98. The topological polar surface area (TPSA) is 61.8 Å². The number of rotatable bonds is 6. The van der Waals surface area contributed by atoms with Crippen LogP contribution in [0.4, 0.5) is 0 Å². The Bertz CT molecular complexity index is 177. The fourth-order valence-corrected chi connectivity index (χ4v) is 0.835. The Morgan fingerprint density at radius 2 is 1.33 bits per heavy atom. The predicted molar refractivity (Wildman–Crippen MR) is 57.2 cm³/mol. The average Bonchev–Trinajstić information content (AvgIpc) is 2.14. The van der Waals surface area contributed by atoms with E-state index in [-0.39, 0.29) is 42.9 Å². The summed E-state index contributed by atoms with van der Waals surface area (Å²) < 4.78 is 14.2. The quantitative estimate of drug-likeness (QED) is 0.353. The Hall–Kier alpha value is -0.334. The Morgan fingerprint density at radius 1 is 0.933 bits per heavy atom. The van der Waals surface area contributed by atoms with Crippen molar-refractivity contribution in [2.45, 2.75) is 26.9 Å². The molecule has 0 aliphatic heterocycles. The van der Waals surface area contributed by atoms with Crippen molar-refractivity contribution in [3.8, 4) is 0 Å². The summed E-state index contributed by atoms with van der Waals surface area (Å²) in [5.74, 6) is -1.40. The van der Waals surface area contributed by atoms with Crippen LogP contribution in [0.25, 0.3) is 0 Å². The molecule has 5 nitrogen and oxygen atoms in total. The second kappa shape index (κ2) is 10.2. The molecule has 0 fully saturated rings. The van der Waals surface area contributed by atoms with Crippen molar-refractivity contribution in [1.82, 2.24) is 0 Å². The number of hydrogen-bond donors (Lipinski definition) is 0. The molecule has 0 aliphatic carbocycles. The van der Waals surface area contributed by atoms with Crippen molar-refractivity contribution >= 4 is 35.0 Å². The lowest BCUT2D eigenvalue weighted by atomic mass is 10.3. The van der Waals surface area contributed by atoms with Gasteiger partial charge in [0.2, 0.25) is 0 Å². The van der Waals surface area contributed by atoms with Crippen LogP contribution in [0, 0.1) is 0 Å². The van der Waals surface area contributed by atoms with Crippen molar-refractivity contribution in [3.05, 3.63) is 0 Å². The van der Waals surface area contributed by atoms with E-state index in [1.807, 2.05) is 0 Å². The van der Waals surface area contributed by atoms with E-state index in [9.17, 15) is 9.59 Å². The first-order valence-corrected chi connectivity index (χ1v) is 4.62. The van der Waals surface area contributed by atoms with Gasteiger partial charge in [-0.05, 0) is 20.8 Å². The number of esters is 2. The predicted octanol–water partition coefficient (Wildman–Crippen LogP) is -0.399. The third-order valence-corrected chi connectivity index (χ3v) is 1.33. The maximum absolute atomic E-state index is 11.2. The van der Waals surface area contributed by atoms with Gasteiger partial charge in [-0.15, -0.1) is 0 Å². The first kappa shape index (κ1) is 17.1. The molecule has 0 amide bonds. The van der Waals surface area contributed by atoms with E-state index in [0.717, 1.165) is 0 Å². The number of hydrogen-bond acceptors (Lipinski definition) is 5. The molecule has 15 heavy (non-hydrogen) atoms. The zero-order chi connectivity index (χ0) is 11.0. The van der Waals surface area contributed by atoms with Crippen molar-refractivity contribution in [1.29, 1.82) is 0 Å². The van der Waals surface area contributed by atoms with Crippen LogP contribution in [-0.4, -0.2) is 60.9 Å². The minimum absolute atomic E-state index is 0. The van der Waals surface area contributed by atoms with E-state index in [1.54, 1.807) is 20.8 Å². The fourth-order valence-electron chi connectivity index (χ4n) is 0.835. The summed E-state index contributed by atoms with van der Waals surface area (Å²) in [6, 6.07) is 0. The van der Waals surface area contributed by atoms with Gasteiger partial charge >= 0.3 is 35.0 Å². The van der Waals surface area contributed by atoms with Crippen LogP contribution in [0.5, 0.6) is 0 Å². The monoisotopic (exact) mass is 230 g/mol. The Kier molecular flexibility index (Phi) is 11.6. The minimum atomic E-state index is -1.25. The largest absolute Gasteiger partial charge is 0.464 e. The molecule has 0 heterocycles. The van der Waals surface area contributed by atoms with Gasteiger partial charge in [-0.1, -0.05) is 0 Å². The molecule has 0 rings (SSSR count). The Balaban J connectivity index is 0. The molecular formula is C9H18MgO5. The molecule has 0 saturated carbocycles. The van der Waals surface area contributed by atoms with Gasteiger partial charge in [-0.2, -0.15) is 0 Å². The molecule has 0 spiro atoms. The van der Waals surface area contributed by atoms with E-state index in [4.69, 9.17) is 4.74 Å². The molecule has 0 unspecified atom stereocenters. The number of carbonyl (C=O) groups is 2. The summed E-state index contributed by atoms with van der Waals surface area (Å²) >= 11 is 0. The lowest BCUT2D eigenvalue weighted by Gasteiger charge is -2.13. The molecule has 0 aliphatic rings.